The maximum Gasteiger partial charge on any atom is 0.337 e. The molecule has 0 radical (unpaired) electrons. The van der Waals surface area contributed by atoms with Crippen LogP contribution in [0.2, 0.25) is 5.02 Å². The second kappa shape index (κ2) is 6.29. The lowest BCUT2D eigenvalue weighted by Gasteiger charge is -2.23. The lowest BCUT2D eigenvalue weighted by atomic mass is 10.0. The van der Waals surface area contributed by atoms with Gasteiger partial charge in [0.15, 0.2) is 0 Å². The summed E-state index contributed by atoms with van der Waals surface area (Å²) in [5.41, 5.74) is 0.786. The van der Waals surface area contributed by atoms with Crippen molar-refractivity contribution in [2.75, 3.05) is 5.32 Å². The quantitative estimate of drug-likeness (QED) is 0.825. The monoisotopic (exact) mass is 309 g/mol. The van der Waals surface area contributed by atoms with Crippen molar-refractivity contribution < 1.29 is 9.90 Å². The van der Waals surface area contributed by atoms with Crippen LogP contribution in [0.25, 0.3) is 0 Å². The minimum Gasteiger partial charge on any atom is -0.478 e. The molecule has 0 saturated carbocycles. The molecule has 1 heterocycles. The van der Waals surface area contributed by atoms with Crippen LogP contribution in [0, 0.1) is 5.92 Å². The van der Waals surface area contributed by atoms with Crippen molar-refractivity contribution in [2.45, 2.75) is 19.9 Å². The molecule has 0 spiro atoms. The van der Waals surface area contributed by atoms with E-state index in [-0.39, 0.29) is 11.6 Å². The van der Waals surface area contributed by atoms with Gasteiger partial charge < -0.3 is 10.4 Å². The standard InChI is InChI=1S/C15H16ClNO2S/c1-9(2)14(13-4-3-7-20-13)17-12-6-5-10(16)8-11(12)15(18)19/h3-9,14,17H,1-2H3,(H,18,19). The highest BCUT2D eigenvalue weighted by atomic mass is 35.5. The van der Waals surface area contributed by atoms with Crippen LogP contribution in [-0.2, 0) is 0 Å². The lowest BCUT2D eigenvalue weighted by molar-refractivity contribution is 0.0698. The molecule has 1 unspecified atom stereocenters. The summed E-state index contributed by atoms with van der Waals surface area (Å²) < 4.78 is 0. The van der Waals surface area contributed by atoms with E-state index in [4.69, 9.17) is 11.6 Å². The van der Waals surface area contributed by atoms with Crippen LogP contribution in [-0.4, -0.2) is 11.1 Å². The van der Waals surface area contributed by atoms with E-state index in [1.54, 1.807) is 23.5 Å². The van der Waals surface area contributed by atoms with Crippen LogP contribution < -0.4 is 5.32 Å². The highest BCUT2D eigenvalue weighted by Crippen LogP contribution is 2.31. The van der Waals surface area contributed by atoms with Gasteiger partial charge in [0.1, 0.15) is 0 Å². The fraction of sp³-hybridized carbons (Fsp3) is 0.267. The molecular weight excluding hydrogens is 294 g/mol. The number of carboxylic acid groups (broad SMARTS) is 1. The SMILES string of the molecule is CC(C)C(Nc1ccc(Cl)cc1C(=O)O)c1cccs1. The molecule has 1 atom stereocenters. The summed E-state index contributed by atoms with van der Waals surface area (Å²) in [6.45, 7) is 4.21. The molecule has 0 amide bonds. The number of hydrogen-bond donors (Lipinski definition) is 2. The van der Waals surface area contributed by atoms with Crippen LogP contribution in [0.3, 0.4) is 0 Å². The van der Waals surface area contributed by atoms with Gasteiger partial charge in [0, 0.05) is 15.6 Å². The van der Waals surface area contributed by atoms with E-state index in [9.17, 15) is 9.90 Å². The Labute approximate surface area is 127 Å². The van der Waals surface area contributed by atoms with Gasteiger partial charge in [-0.1, -0.05) is 31.5 Å². The fourth-order valence-electron chi connectivity index (χ4n) is 2.02. The Hall–Kier alpha value is -1.52. The number of carboxylic acids is 1. The number of rotatable bonds is 5. The van der Waals surface area contributed by atoms with Gasteiger partial charge in [0.25, 0.3) is 0 Å². The van der Waals surface area contributed by atoms with Crippen molar-refractivity contribution in [3.8, 4) is 0 Å². The molecule has 1 aromatic heterocycles. The van der Waals surface area contributed by atoms with E-state index in [1.807, 2.05) is 11.4 Å². The minimum atomic E-state index is -0.983. The third-order valence-electron chi connectivity index (χ3n) is 3.04. The number of aromatic carboxylic acids is 1. The Kier molecular flexibility index (Phi) is 4.68. The Morgan fingerprint density at radius 1 is 1.35 bits per heavy atom. The third-order valence-corrected chi connectivity index (χ3v) is 4.23. The van der Waals surface area contributed by atoms with E-state index in [0.717, 1.165) is 0 Å². The lowest BCUT2D eigenvalue weighted by Crippen LogP contribution is -2.17. The number of thiophene rings is 1. The molecule has 0 bridgehead atoms. The molecule has 0 saturated heterocycles. The van der Waals surface area contributed by atoms with Crippen LogP contribution in [0.15, 0.2) is 35.7 Å². The first-order valence-electron chi connectivity index (χ1n) is 6.32. The zero-order valence-corrected chi connectivity index (χ0v) is 12.8. The van der Waals surface area contributed by atoms with E-state index in [2.05, 4.69) is 25.2 Å². The largest absolute Gasteiger partial charge is 0.478 e. The normalized spacial score (nSPS) is 12.4. The first-order valence-corrected chi connectivity index (χ1v) is 7.57. The second-order valence-corrected chi connectivity index (χ2v) is 6.29. The van der Waals surface area contributed by atoms with E-state index >= 15 is 0 Å². The maximum absolute atomic E-state index is 11.3. The molecule has 106 valence electrons. The molecule has 0 aliphatic carbocycles. The summed E-state index contributed by atoms with van der Waals surface area (Å²) >= 11 is 7.53. The van der Waals surface area contributed by atoms with Gasteiger partial charge in [-0.3, -0.25) is 0 Å². The molecule has 2 N–H and O–H groups in total. The predicted octanol–water partition coefficient (Wildman–Crippen LogP) is 4.91. The molecule has 5 heteroatoms. The van der Waals surface area contributed by atoms with Crippen molar-refractivity contribution in [3.05, 3.63) is 51.2 Å². The van der Waals surface area contributed by atoms with Crippen LogP contribution >= 0.6 is 22.9 Å². The van der Waals surface area contributed by atoms with Crippen molar-refractivity contribution in [2.24, 2.45) is 5.92 Å². The van der Waals surface area contributed by atoms with Gasteiger partial charge in [-0.2, -0.15) is 0 Å². The Balaban J connectivity index is 2.34. The van der Waals surface area contributed by atoms with Crippen molar-refractivity contribution >= 4 is 34.6 Å². The molecule has 2 rings (SSSR count). The fourth-order valence-corrected chi connectivity index (χ4v) is 3.14. The summed E-state index contributed by atoms with van der Waals surface area (Å²) in [7, 11) is 0. The van der Waals surface area contributed by atoms with Crippen molar-refractivity contribution in [3.63, 3.8) is 0 Å². The zero-order chi connectivity index (χ0) is 14.7. The Morgan fingerprint density at radius 3 is 2.65 bits per heavy atom. The van der Waals surface area contributed by atoms with E-state index in [1.165, 1.54) is 10.9 Å². The summed E-state index contributed by atoms with van der Waals surface area (Å²) in [6, 6.07) is 9.01. The molecule has 0 fully saturated rings. The molecule has 3 nitrogen and oxygen atoms in total. The van der Waals surface area contributed by atoms with E-state index < -0.39 is 5.97 Å². The average molecular weight is 310 g/mol. The molecule has 0 aliphatic rings. The minimum absolute atomic E-state index is 0.0780. The summed E-state index contributed by atoms with van der Waals surface area (Å²) in [5, 5.41) is 15.0. The number of halogens is 1. The van der Waals surface area contributed by atoms with Crippen LogP contribution in [0.5, 0.6) is 0 Å². The molecule has 0 aliphatic heterocycles. The Morgan fingerprint density at radius 2 is 2.10 bits per heavy atom. The number of nitrogens with one attached hydrogen (secondary N) is 1. The number of carbonyl (C=O) groups is 1. The van der Waals surface area contributed by atoms with Crippen molar-refractivity contribution in [1.29, 1.82) is 0 Å². The highest BCUT2D eigenvalue weighted by Gasteiger charge is 2.19. The molecule has 1 aromatic carbocycles. The van der Waals surface area contributed by atoms with Gasteiger partial charge in [-0.05, 0) is 35.6 Å². The smallest absolute Gasteiger partial charge is 0.337 e. The van der Waals surface area contributed by atoms with Gasteiger partial charge in [-0.15, -0.1) is 11.3 Å². The molecule has 20 heavy (non-hydrogen) atoms. The average Bonchev–Trinajstić information content (AvgIpc) is 2.90. The molecular formula is C15H16ClNO2S. The second-order valence-electron chi connectivity index (χ2n) is 4.88. The van der Waals surface area contributed by atoms with Gasteiger partial charge in [0.05, 0.1) is 11.6 Å². The summed E-state index contributed by atoms with van der Waals surface area (Å²) in [6.07, 6.45) is 0. The summed E-state index contributed by atoms with van der Waals surface area (Å²) in [5.74, 6) is -0.644. The Bertz CT molecular complexity index is 596. The first kappa shape index (κ1) is 14.9. The van der Waals surface area contributed by atoms with Gasteiger partial charge in [0.2, 0.25) is 0 Å². The summed E-state index contributed by atoms with van der Waals surface area (Å²) in [4.78, 5) is 12.5. The van der Waals surface area contributed by atoms with E-state index in [0.29, 0.717) is 16.6 Å². The molecule has 2 aromatic rings. The topological polar surface area (TPSA) is 49.3 Å². The highest BCUT2D eigenvalue weighted by molar-refractivity contribution is 7.10. The third kappa shape index (κ3) is 3.32. The number of hydrogen-bond acceptors (Lipinski definition) is 3. The number of benzene rings is 1. The number of anilines is 1. The first-order chi connectivity index (χ1) is 9.49. The van der Waals surface area contributed by atoms with Crippen LogP contribution in [0.1, 0.15) is 35.1 Å². The van der Waals surface area contributed by atoms with Crippen molar-refractivity contribution in [1.82, 2.24) is 0 Å². The van der Waals surface area contributed by atoms with Crippen LogP contribution in [0.4, 0.5) is 5.69 Å². The van der Waals surface area contributed by atoms with Gasteiger partial charge in [-0.25, -0.2) is 4.79 Å². The van der Waals surface area contributed by atoms with Gasteiger partial charge >= 0.3 is 5.97 Å². The zero-order valence-electron chi connectivity index (χ0n) is 11.3. The maximum atomic E-state index is 11.3. The predicted molar refractivity (Wildman–Crippen MR) is 83.9 cm³/mol.